The smallest absolute Gasteiger partial charge is 0.0530 e. The van der Waals surface area contributed by atoms with Crippen LogP contribution in [-0.4, -0.2) is 54.3 Å². The van der Waals surface area contributed by atoms with Crippen LogP contribution >= 0.6 is 34.0 Å². The van der Waals surface area contributed by atoms with Gasteiger partial charge in [0.15, 0.2) is 0 Å². The van der Waals surface area contributed by atoms with Crippen molar-refractivity contribution in [3.8, 4) is 0 Å². The molecule has 4 rings (SSSR count). The highest BCUT2D eigenvalue weighted by Gasteiger charge is 2.27. The van der Waals surface area contributed by atoms with E-state index in [1.165, 1.54) is 14.6 Å². The maximum absolute atomic E-state index is 2.65. The molecular weight excluding hydrogens is 426 g/mol. The zero-order valence-electron chi connectivity index (χ0n) is 18.2. The Balaban J connectivity index is 1.42. The fourth-order valence-electron chi connectivity index (χ4n) is 4.48. The molecule has 0 aromatic carbocycles. The number of rotatable bonds is 9. The van der Waals surface area contributed by atoms with Crippen LogP contribution in [0.25, 0.3) is 0 Å². The summed E-state index contributed by atoms with van der Waals surface area (Å²) in [5.74, 6) is 1.74. The molecule has 6 heteroatoms. The van der Waals surface area contributed by atoms with E-state index in [-0.39, 0.29) is 0 Å². The lowest BCUT2D eigenvalue weighted by Gasteiger charge is -2.44. The minimum atomic E-state index is 0.580. The first-order chi connectivity index (χ1) is 14.6. The van der Waals surface area contributed by atoms with Crippen LogP contribution in [0.4, 0.5) is 0 Å². The van der Waals surface area contributed by atoms with Crippen LogP contribution in [0.3, 0.4) is 0 Å². The molecule has 3 nitrogen and oxygen atoms in total. The first-order valence-corrected chi connectivity index (χ1v) is 13.5. The molecule has 3 unspecified atom stereocenters. The molecule has 0 radical (unpaired) electrons. The summed E-state index contributed by atoms with van der Waals surface area (Å²) in [6.07, 6.45) is 0. The predicted molar refractivity (Wildman–Crippen MR) is 133 cm³/mol. The summed E-state index contributed by atoms with van der Waals surface area (Å²) in [6.45, 7) is 13.7. The van der Waals surface area contributed by atoms with Crippen LogP contribution in [0.5, 0.6) is 0 Å². The molecule has 4 heterocycles. The van der Waals surface area contributed by atoms with Gasteiger partial charge in [-0.3, -0.25) is 14.7 Å². The first kappa shape index (κ1) is 22.2. The zero-order valence-corrected chi connectivity index (χ0v) is 20.7. The van der Waals surface area contributed by atoms with Gasteiger partial charge in [0.1, 0.15) is 0 Å². The Labute approximate surface area is 193 Å². The molecule has 1 aliphatic rings. The molecule has 3 atom stereocenters. The van der Waals surface area contributed by atoms with Crippen LogP contribution in [0, 0.1) is 0 Å². The van der Waals surface area contributed by atoms with Crippen LogP contribution in [0.15, 0.2) is 52.5 Å². The zero-order chi connectivity index (χ0) is 20.9. The lowest BCUT2D eigenvalue weighted by Crippen LogP contribution is -2.56. The average molecular weight is 460 g/mol. The van der Waals surface area contributed by atoms with Crippen molar-refractivity contribution in [1.82, 2.24) is 14.7 Å². The summed E-state index contributed by atoms with van der Waals surface area (Å²) in [7, 11) is 0. The van der Waals surface area contributed by atoms with E-state index in [1.807, 2.05) is 34.0 Å². The molecule has 0 aliphatic carbocycles. The SMILES string of the molecule is CC(CN1CN(CC(C)c2cccs2)CN(CC(C)c2cccs2)C1)c1cccs1. The molecule has 1 aliphatic heterocycles. The van der Waals surface area contributed by atoms with Gasteiger partial charge in [-0.1, -0.05) is 39.0 Å². The van der Waals surface area contributed by atoms with Gasteiger partial charge < -0.3 is 0 Å². The second-order valence-electron chi connectivity index (χ2n) is 8.73. The van der Waals surface area contributed by atoms with Gasteiger partial charge in [0.25, 0.3) is 0 Å². The third-order valence-electron chi connectivity index (χ3n) is 5.88. The van der Waals surface area contributed by atoms with E-state index in [1.54, 1.807) is 0 Å². The quantitative estimate of drug-likeness (QED) is 0.368. The maximum Gasteiger partial charge on any atom is 0.0530 e. The van der Waals surface area contributed by atoms with Crippen molar-refractivity contribution in [2.24, 2.45) is 0 Å². The number of nitrogens with zero attached hydrogens (tertiary/aromatic N) is 3. The fourth-order valence-corrected chi connectivity index (χ4v) is 6.81. The normalized spacial score (nSPS) is 19.7. The Bertz CT molecular complexity index is 724. The summed E-state index contributed by atoms with van der Waals surface area (Å²) >= 11 is 5.66. The molecule has 1 fully saturated rings. The summed E-state index contributed by atoms with van der Waals surface area (Å²) in [5, 5.41) is 6.60. The van der Waals surface area contributed by atoms with Gasteiger partial charge >= 0.3 is 0 Å². The van der Waals surface area contributed by atoms with Crippen molar-refractivity contribution in [1.29, 1.82) is 0 Å². The second kappa shape index (κ2) is 10.5. The molecule has 3 aromatic rings. The molecule has 0 saturated carbocycles. The van der Waals surface area contributed by atoms with Crippen LogP contribution in [0.1, 0.15) is 53.2 Å². The summed E-state index contributed by atoms with van der Waals surface area (Å²) < 4.78 is 0. The fraction of sp³-hybridized carbons (Fsp3) is 0.500. The molecule has 0 amide bonds. The number of hydrogen-bond donors (Lipinski definition) is 0. The minimum absolute atomic E-state index is 0.580. The van der Waals surface area contributed by atoms with E-state index < -0.39 is 0 Å². The Kier molecular flexibility index (Phi) is 7.79. The van der Waals surface area contributed by atoms with Gasteiger partial charge in [-0.15, -0.1) is 34.0 Å². The lowest BCUT2D eigenvalue weighted by molar-refractivity contribution is -0.0349. The summed E-state index contributed by atoms with van der Waals surface area (Å²) in [6, 6.07) is 13.4. The Morgan fingerprint density at radius 3 is 1.13 bits per heavy atom. The number of hydrogen-bond acceptors (Lipinski definition) is 6. The average Bonchev–Trinajstić information content (AvgIpc) is 3.51. The van der Waals surface area contributed by atoms with Crippen LogP contribution in [0.2, 0.25) is 0 Å². The Hall–Kier alpha value is -1.02. The summed E-state index contributed by atoms with van der Waals surface area (Å²) in [5.41, 5.74) is 0. The van der Waals surface area contributed by atoms with E-state index >= 15 is 0 Å². The molecule has 0 spiro atoms. The van der Waals surface area contributed by atoms with Gasteiger partial charge in [-0.2, -0.15) is 0 Å². The third kappa shape index (κ3) is 5.81. The molecule has 0 N–H and O–H groups in total. The molecule has 1 saturated heterocycles. The highest BCUT2D eigenvalue weighted by atomic mass is 32.1. The first-order valence-electron chi connectivity index (χ1n) is 10.9. The van der Waals surface area contributed by atoms with E-state index in [4.69, 9.17) is 0 Å². The molecular formula is C24H33N3S3. The van der Waals surface area contributed by atoms with Crippen molar-refractivity contribution in [2.75, 3.05) is 39.6 Å². The van der Waals surface area contributed by atoms with Gasteiger partial charge in [0, 0.05) is 52.0 Å². The van der Waals surface area contributed by atoms with Gasteiger partial charge in [0.2, 0.25) is 0 Å². The molecule has 3 aromatic heterocycles. The topological polar surface area (TPSA) is 9.72 Å². The Morgan fingerprint density at radius 1 is 0.600 bits per heavy atom. The van der Waals surface area contributed by atoms with Crippen molar-refractivity contribution in [2.45, 2.75) is 38.5 Å². The number of thiophene rings is 3. The standard InChI is InChI=1S/C24H33N3S3/c1-19(22-7-4-10-28-22)13-25-16-26(14-20(2)23-8-5-11-29-23)18-27(17-25)15-21(3)24-9-6-12-30-24/h4-12,19-21H,13-18H2,1-3H3. The minimum Gasteiger partial charge on any atom is -0.277 e. The van der Waals surface area contributed by atoms with Crippen molar-refractivity contribution in [3.63, 3.8) is 0 Å². The Morgan fingerprint density at radius 2 is 0.900 bits per heavy atom. The monoisotopic (exact) mass is 459 g/mol. The largest absolute Gasteiger partial charge is 0.277 e. The van der Waals surface area contributed by atoms with Gasteiger partial charge in [-0.25, -0.2) is 0 Å². The summed E-state index contributed by atoms with van der Waals surface area (Å²) in [4.78, 5) is 12.4. The lowest BCUT2D eigenvalue weighted by atomic mass is 10.1. The highest BCUT2D eigenvalue weighted by Crippen LogP contribution is 2.27. The third-order valence-corrected chi connectivity index (χ3v) is 9.19. The highest BCUT2D eigenvalue weighted by molar-refractivity contribution is 7.10. The second-order valence-corrected chi connectivity index (χ2v) is 11.7. The van der Waals surface area contributed by atoms with E-state index in [9.17, 15) is 0 Å². The van der Waals surface area contributed by atoms with E-state index in [0.717, 1.165) is 39.6 Å². The molecule has 30 heavy (non-hydrogen) atoms. The van der Waals surface area contributed by atoms with Crippen LogP contribution < -0.4 is 0 Å². The van der Waals surface area contributed by atoms with E-state index in [2.05, 4.69) is 88.0 Å². The van der Waals surface area contributed by atoms with Crippen LogP contribution in [-0.2, 0) is 0 Å². The van der Waals surface area contributed by atoms with Gasteiger partial charge in [-0.05, 0) is 34.3 Å². The van der Waals surface area contributed by atoms with Gasteiger partial charge in [0.05, 0.1) is 20.0 Å². The molecule has 162 valence electrons. The van der Waals surface area contributed by atoms with E-state index in [0.29, 0.717) is 17.8 Å². The predicted octanol–water partition coefficient (Wildman–Crippen LogP) is 6.37. The maximum atomic E-state index is 2.65. The molecule has 0 bridgehead atoms. The van der Waals surface area contributed by atoms with Crippen molar-refractivity contribution < 1.29 is 0 Å². The van der Waals surface area contributed by atoms with Crippen molar-refractivity contribution >= 4 is 34.0 Å². The van der Waals surface area contributed by atoms with Crippen molar-refractivity contribution in [3.05, 3.63) is 67.2 Å².